The van der Waals surface area contributed by atoms with Gasteiger partial charge in [0.05, 0.1) is 11.4 Å². The molecule has 2 rings (SSSR count). The van der Waals surface area contributed by atoms with Crippen LogP contribution in [0.2, 0.25) is 0 Å². The van der Waals surface area contributed by atoms with Crippen LogP contribution < -0.4 is 10.6 Å². The van der Waals surface area contributed by atoms with Crippen LogP contribution >= 0.6 is 0 Å². The maximum Gasteiger partial charge on any atom is 0.251 e. The van der Waals surface area contributed by atoms with Crippen molar-refractivity contribution >= 4 is 22.9 Å². The molecule has 0 aromatic heterocycles. The Balaban J connectivity index is 2.12. The van der Waals surface area contributed by atoms with Gasteiger partial charge < -0.3 is 10.6 Å². The number of allylic oxidation sites excluding steroid dienone is 2. The van der Waals surface area contributed by atoms with Crippen LogP contribution in [0.5, 0.6) is 0 Å². The molecule has 0 aliphatic carbocycles. The number of halogens is 2. The number of carbonyl (C=O) groups is 1. The summed E-state index contributed by atoms with van der Waals surface area (Å²) in [5.74, 6) is -1.80. The standard InChI is InChI=1S/C27H33F2N3O/c1-8-21(9-2)32-27(33)24-13-11-22(14-17(24)4)31-20(7)19(6)30-15-18(5)23-12-10-16(3)25(28)26(23)29/h10-15,21,31H,7-9H2,1-6H3,(H,32,33)/b18-15+,30-19?. The van der Waals surface area contributed by atoms with E-state index >= 15 is 0 Å². The molecule has 176 valence electrons. The van der Waals surface area contributed by atoms with Crippen molar-refractivity contribution in [1.29, 1.82) is 0 Å². The maximum atomic E-state index is 14.2. The van der Waals surface area contributed by atoms with Gasteiger partial charge in [-0.1, -0.05) is 32.6 Å². The Labute approximate surface area is 195 Å². The summed E-state index contributed by atoms with van der Waals surface area (Å²) in [6.45, 7) is 15.0. The molecule has 1 amide bonds. The number of rotatable bonds is 9. The van der Waals surface area contributed by atoms with Gasteiger partial charge in [0.1, 0.15) is 0 Å². The average molecular weight is 454 g/mol. The van der Waals surface area contributed by atoms with E-state index in [0.717, 1.165) is 24.1 Å². The van der Waals surface area contributed by atoms with Crippen LogP contribution in [0.3, 0.4) is 0 Å². The number of nitrogens with zero attached hydrogens (tertiary/aromatic N) is 1. The number of aryl methyl sites for hydroxylation is 2. The van der Waals surface area contributed by atoms with Gasteiger partial charge in [0, 0.05) is 29.1 Å². The second-order valence-electron chi connectivity index (χ2n) is 8.20. The normalized spacial score (nSPS) is 12.2. The van der Waals surface area contributed by atoms with E-state index < -0.39 is 11.6 Å². The predicted octanol–water partition coefficient (Wildman–Crippen LogP) is 6.95. The summed E-state index contributed by atoms with van der Waals surface area (Å²) in [6, 6.07) is 8.73. The zero-order chi connectivity index (χ0) is 24.7. The molecule has 2 N–H and O–H groups in total. The first-order chi connectivity index (χ1) is 15.6. The summed E-state index contributed by atoms with van der Waals surface area (Å²) < 4.78 is 28.0. The van der Waals surface area contributed by atoms with Gasteiger partial charge in [-0.3, -0.25) is 9.79 Å². The van der Waals surface area contributed by atoms with Gasteiger partial charge >= 0.3 is 0 Å². The van der Waals surface area contributed by atoms with Gasteiger partial charge in [-0.2, -0.15) is 0 Å². The summed E-state index contributed by atoms with van der Waals surface area (Å²) in [6.07, 6.45) is 3.27. The summed E-state index contributed by atoms with van der Waals surface area (Å²) >= 11 is 0. The predicted molar refractivity (Wildman–Crippen MR) is 134 cm³/mol. The molecule has 0 bridgehead atoms. The molecule has 0 unspecified atom stereocenters. The van der Waals surface area contributed by atoms with E-state index in [-0.39, 0.29) is 23.1 Å². The highest BCUT2D eigenvalue weighted by atomic mass is 19.2. The van der Waals surface area contributed by atoms with Crippen LogP contribution in [0.1, 0.15) is 67.6 Å². The lowest BCUT2D eigenvalue weighted by Crippen LogP contribution is -2.34. The number of anilines is 1. The van der Waals surface area contributed by atoms with E-state index in [1.807, 2.05) is 19.1 Å². The number of aliphatic imine (C=N–C) groups is 1. The van der Waals surface area contributed by atoms with E-state index in [1.165, 1.54) is 13.1 Å². The first-order valence-corrected chi connectivity index (χ1v) is 11.1. The summed E-state index contributed by atoms with van der Waals surface area (Å²) in [5.41, 5.74) is 4.34. The molecule has 0 aliphatic rings. The Hall–Kier alpha value is -3.28. The zero-order valence-corrected chi connectivity index (χ0v) is 20.3. The average Bonchev–Trinajstić information content (AvgIpc) is 2.79. The second-order valence-corrected chi connectivity index (χ2v) is 8.20. The lowest BCUT2D eigenvalue weighted by Gasteiger charge is -2.16. The molecule has 0 radical (unpaired) electrons. The number of hydrogen-bond acceptors (Lipinski definition) is 3. The third-order valence-electron chi connectivity index (χ3n) is 5.68. The molecule has 0 atom stereocenters. The topological polar surface area (TPSA) is 53.5 Å². The van der Waals surface area contributed by atoms with Gasteiger partial charge in [0.15, 0.2) is 11.6 Å². The lowest BCUT2D eigenvalue weighted by molar-refractivity contribution is 0.0934. The molecular weight excluding hydrogens is 420 g/mol. The molecule has 6 heteroatoms. The quantitative estimate of drug-likeness (QED) is 0.404. The van der Waals surface area contributed by atoms with Crippen molar-refractivity contribution < 1.29 is 13.6 Å². The van der Waals surface area contributed by atoms with Gasteiger partial charge in [-0.15, -0.1) is 0 Å². The highest BCUT2D eigenvalue weighted by Crippen LogP contribution is 2.23. The number of nitrogens with one attached hydrogen (secondary N) is 2. The maximum absolute atomic E-state index is 14.2. The Morgan fingerprint density at radius 2 is 1.67 bits per heavy atom. The second kappa shape index (κ2) is 11.5. The third kappa shape index (κ3) is 6.60. The smallest absolute Gasteiger partial charge is 0.251 e. The fraction of sp³-hybridized carbons (Fsp3) is 0.333. The van der Waals surface area contributed by atoms with Crippen molar-refractivity contribution in [2.45, 2.75) is 60.4 Å². The molecule has 0 fully saturated rings. The monoisotopic (exact) mass is 453 g/mol. The molecular formula is C27H33F2N3O. The zero-order valence-electron chi connectivity index (χ0n) is 20.3. The van der Waals surface area contributed by atoms with E-state index in [4.69, 9.17) is 0 Å². The molecule has 0 spiro atoms. The third-order valence-corrected chi connectivity index (χ3v) is 5.68. The molecule has 2 aromatic carbocycles. The Morgan fingerprint density at radius 1 is 1.03 bits per heavy atom. The number of benzene rings is 2. The fourth-order valence-corrected chi connectivity index (χ4v) is 3.31. The minimum absolute atomic E-state index is 0.0790. The van der Waals surface area contributed by atoms with E-state index in [2.05, 4.69) is 36.1 Å². The molecule has 4 nitrogen and oxygen atoms in total. The molecule has 0 saturated carbocycles. The lowest BCUT2D eigenvalue weighted by atomic mass is 10.1. The molecule has 0 aliphatic heterocycles. The van der Waals surface area contributed by atoms with Crippen LogP contribution in [-0.4, -0.2) is 17.7 Å². The van der Waals surface area contributed by atoms with Crippen molar-refractivity contribution in [3.05, 3.63) is 82.7 Å². The summed E-state index contributed by atoms with van der Waals surface area (Å²) in [7, 11) is 0. The summed E-state index contributed by atoms with van der Waals surface area (Å²) in [4.78, 5) is 16.9. The van der Waals surface area contributed by atoms with Crippen molar-refractivity contribution in [3.8, 4) is 0 Å². The van der Waals surface area contributed by atoms with E-state index in [1.54, 1.807) is 32.0 Å². The van der Waals surface area contributed by atoms with Crippen molar-refractivity contribution in [2.75, 3.05) is 5.32 Å². The SMILES string of the molecule is C=C(Nc1ccc(C(=O)NC(CC)CC)c(C)c1)C(C)=N/C=C(\C)c1ccc(C)c(F)c1F. The van der Waals surface area contributed by atoms with Crippen molar-refractivity contribution in [1.82, 2.24) is 5.32 Å². The molecule has 0 heterocycles. The van der Waals surface area contributed by atoms with Crippen molar-refractivity contribution in [3.63, 3.8) is 0 Å². The van der Waals surface area contributed by atoms with Crippen LogP contribution in [0.15, 0.2) is 53.8 Å². The number of carbonyl (C=O) groups excluding carboxylic acids is 1. The van der Waals surface area contributed by atoms with Gasteiger partial charge in [-0.25, -0.2) is 8.78 Å². The van der Waals surface area contributed by atoms with E-state index in [0.29, 0.717) is 22.5 Å². The first kappa shape index (κ1) is 26.0. The van der Waals surface area contributed by atoms with Gasteiger partial charge in [0.25, 0.3) is 5.91 Å². The largest absolute Gasteiger partial charge is 0.355 e. The Morgan fingerprint density at radius 3 is 2.27 bits per heavy atom. The highest BCUT2D eigenvalue weighted by Gasteiger charge is 2.14. The van der Waals surface area contributed by atoms with Crippen LogP contribution in [-0.2, 0) is 0 Å². The van der Waals surface area contributed by atoms with Crippen molar-refractivity contribution in [2.24, 2.45) is 4.99 Å². The Bertz CT molecular complexity index is 1100. The number of hydrogen-bond donors (Lipinski definition) is 2. The van der Waals surface area contributed by atoms with Crippen LogP contribution in [0.4, 0.5) is 14.5 Å². The fourth-order valence-electron chi connectivity index (χ4n) is 3.31. The molecule has 0 saturated heterocycles. The number of amides is 1. The summed E-state index contributed by atoms with van der Waals surface area (Å²) in [5, 5.41) is 6.23. The highest BCUT2D eigenvalue weighted by molar-refractivity contribution is 6.01. The van der Waals surface area contributed by atoms with Gasteiger partial charge in [-0.05, 0) is 75.4 Å². The molecule has 2 aromatic rings. The minimum Gasteiger partial charge on any atom is -0.355 e. The molecule has 33 heavy (non-hydrogen) atoms. The first-order valence-electron chi connectivity index (χ1n) is 11.1. The van der Waals surface area contributed by atoms with Crippen LogP contribution in [0.25, 0.3) is 5.57 Å². The van der Waals surface area contributed by atoms with E-state index in [9.17, 15) is 13.6 Å². The minimum atomic E-state index is -0.877. The van der Waals surface area contributed by atoms with Crippen LogP contribution in [0, 0.1) is 25.5 Å². The Kier molecular flexibility index (Phi) is 9.09. The van der Waals surface area contributed by atoms with Gasteiger partial charge in [0.2, 0.25) is 0 Å².